The topological polar surface area (TPSA) is 38.7 Å². The van der Waals surface area contributed by atoms with Gasteiger partial charge in [0, 0.05) is 7.11 Å². The average molecular weight is 252 g/mol. The molecule has 1 atom stereocenters. The van der Waals surface area contributed by atoms with Crippen molar-refractivity contribution in [3.8, 4) is 5.75 Å². The highest BCUT2D eigenvalue weighted by molar-refractivity contribution is 5.27. The van der Waals surface area contributed by atoms with E-state index in [0.29, 0.717) is 6.61 Å². The Balaban J connectivity index is 2.40. The number of aryl methyl sites for hydroxylation is 1. The number of benzene rings is 1. The smallest absolute Gasteiger partial charge is 0.119 e. The minimum Gasteiger partial charge on any atom is -0.491 e. The summed E-state index contributed by atoms with van der Waals surface area (Å²) in [4.78, 5) is 0. The number of ether oxygens (including phenoxy) is 2. The van der Waals surface area contributed by atoms with Crippen molar-refractivity contribution in [3.05, 3.63) is 29.8 Å². The Morgan fingerprint density at radius 3 is 2.33 bits per heavy atom. The van der Waals surface area contributed by atoms with Gasteiger partial charge in [-0.25, -0.2) is 0 Å². The van der Waals surface area contributed by atoms with Gasteiger partial charge in [-0.3, -0.25) is 0 Å². The molecule has 0 amide bonds. The lowest BCUT2D eigenvalue weighted by Crippen LogP contribution is -2.24. The van der Waals surface area contributed by atoms with Crippen LogP contribution in [-0.2, 0) is 11.2 Å². The standard InChI is InChI=1S/C15H24O3/c1-12(2)4-5-13-6-8-14(9-7-13)18-11-15(10-16)17-3/h6-9,12,15-16H,4-5,10-11H2,1-3H3. The summed E-state index contributed by atoms with van der Waals surface area (Å²) in [5, 5.41) is 8.97. The molecule has 0 spiro atoms. The second kappa shape index (κ2) is 8.11. The highest BCUT2D eigenvalue weighted by Gasteiger charge is 2.06. The molecule has 1 rings (SSSR count). The lowest BCUT2D eigenvalue weighted by Gasteiger charge is -2.13. The monoisotopic (exact) mass is 252 g/mol. The van der Waals surface area contributed by atoms with Crippen molar-refractivity contribution in [2.24, 2.45) is 5.92 Å². The van der Waals surface area contributed by atoms with Gasteiger partial charge in [0.2, 0.25) is 0 Å². The molecule has 18 heavy (non-hydrogen) atoms. The van der Waals surface area contributed by atoms with E-state index in [9.17, 15) is 0 Å². The van der Waals surface area contributed by atoms with E-state index in [1.165, 1.54) is 12.0 Å². The van der Waals surface area contributed by atoms with E-state index in [0.717, 1.165) is 18.1 Å². The minimum atomic E-state index is -0.259. The van der Waals surface area contributed by atoms with E-state index in [1.54, 1.807) is 7.11 Å². The molecular weight excluding hydrogens is 228 g/mol. The second-order valence-corrected chi connectivity index (χ2v) is 4.93. The summed E-state index contributed by atoms with van der Waals surface area (Å²) in [6.07, 6.45) is 2.05. The van der Waals surface area contributed by atoms with Gasteiger partial charge in [0.05, 0.1) is 6.61 Å². The third-order valence-electron chi connectivity index (χ3n) is 2.91. The summed E-state index contributed by atoms with van der Waals surface area (Å²) in [7, 11) is 1.57. The molecule has 1 N–H and O–H groups in total. The van der Waals surface area contributed by atoms with Crippen LogP contribution in [0.5, 0.6) is 5.75 Å². The Hall–Kier alpha value is -1.06. The van der Waals surface area contributed by atoms with E-state index in [4.69, 9.17) is 14.6 Å². The fraction of sp³-hybridized carbons (Fsp3) is 0.600. The molecule has 3 heteroatoms. The molecule has 0 radical (unpaired) electrons. The third kappa shape index (κ3) is 5.52. The predicted octanol–water partition coefficient (Wildman–Crippen LogP) is 2.66. The summed E-state index contributed by atoms with van der Waals surface area (Å²) < 4.78 is 10.6. The van der Waals surface area contributed by atoms with Crippen molar-refractivity contribution in [2.45, 2.75) is 32.8 Å². The van der Waals surface area contributed by atoms with Gasteiger partial charge in [0.15, 0.2) is 0 Å². The Bertz CT molecular complexity index is 315. The maximum absolute atomic E-state index is 8.97. The Morgan fingerprint density at radius 1 is 1.17 bits per heavy atom. The van der Waals surface area contributed by atoms with Crippen LogP contribution in [-0.4, -0.2) is 31.5 Å². The van der Waals surface area contributed by atoms with Crippen molar-refractivity contribution in [2.75, 3.05) is 20.3 Å². The van der Waals surface area contributed by atoms with Crippen LogP contribution in [0.25, 0.3) is 0 Å². The fourth-order valence-corrected chi connectivity index (χ4v) is 1.59. The van der Waals surface area contributed by atoms with Crippen LogP contribution in [0, 0.1) is 5.92 Å². The zero-order chi connectivity index (χ0) is 13.4. The molecule has 1 aromatic carbocycles. The molecular formula is C15H24O3. The van der Waals surface area contributed by atoms with Crippen LogP contribution < -0.4 is 4.74 Å². The van der Waals surface area contributed by atoms with Gasteiger partial charge >= 0.3 is 0 Å². The molecule has 1 unspecified atom stereocenters. The van der Waals surface area contributed by atoms with E-state index in [2.05, 4.69) is 26.0 Å². The highest BCUT2D eigenvalue weighted by atomic mass is 16.5. The molecule has 0 fully saturated rings. The minimum absolute atomic E-state index is 0.0248. The number of rotatable bonds is 8. The summed E-state index contributed by atoms with van der Waals surface area (Å²) in [6.45, 7) is 4.82. The molecule has 3 nitrogen and oxygen atoms in total. The van der Waals surface area contributed by atoms with E-state index in [1.807, 2.05) is 12.1 Å². The van der Waals surface area contributed by atoms with Crippen molar-refractivity contribution in [3.63, 3.8) is 0 Å². The highest BCUT2D eigenvalue weighted by Crippen LogP contribution is 2.15. The maximum Gasteiger partial charge on any atom is 0.119 e. The van der Waals surface area contributed by atoms with Gasteiger partial charge in [0.1, 0.15) is 18.5 Å². The van der Waals surface area contributed by atoms with Gasteiger partial charge in [0.25, 0.3) is 0 Å². The molecule has 1 aromatic rings. The van der Waals surface area contributed by atoms with Gasteiger partial charge in [-0.15, -0.1) is 0 Å². The van der Waals surface area contributed by atoms with Crippen LogP contribution >= 0.6 is 0 Å². The van der Waals surface area contributed by atoms with Crippen molar-refractivity contribution < 1.29 is 14.6 Å². The Morgan fingerprint density at radius 2 is 1.83 bits per heavy atom. The number of aliphatic hydroxyl groups is 1. The van der Waals surface area contributed by atoms with E-state index in [-0.39, 0.29) is 12.7 Å². The van der Waals surface area contributed by atoms with E-state index < -0.39 is 0 Å². The number of hydrogen-bond donors (Lipinski definition) is 1. The molecule has 0 bridgehead atoms. The van der Waals surface area contributed by atoms with Gasteiger partial charge in [-0.1, -0.05) is 26.0 Å². The van der Waals surface area contributed by atoms with Gasteiger partial charge in [-0.2, -0.15) is 0 Å². The van der Waals surface area contributed by atoms with Crippen molar-refractivity contribution in [1.82, 2.24) is 0 Å². The van der Waals surface area contributed by atoms with Crippen molar-refractivity contribution in [1.29, 1.82) is 0 Å². The first kappa shape index (κ1) is 15.0. The summed E-state index contributed by atoms with van der Waals surface area (Å²) >= 11 is 0. The third-order valence-corrected chi connectivity index (χ3v) is 2.91. The Kier molecular flexibility index (Phi) is 6.76. The van der Waals surface area contributed by atoms with Crippen LogP contribution in [0.1, 0.15) is 25.8 Å². The SMILES string of the molecule is COC(CO)COc1ccc(CCC(C)C)cc1. The number of aliphatic hydroxyl groups excluding tert-OH is 1. The van der Waals surface area contributed by atoms with Gasteiger partial charge in [-0.05, 0) is 36.5 Å². The fourth-order valence-electron chi connectivity index (χ4n) is 1.59. The van der Waals surface area contributed by atoms with E-state index >= 15 is 0 Å². The maximum atomic E-state index is 8.97. The van der Waals surface area contributed by atoms with Crippen molar-refractivity contribution >= 4 is 0 Å². The average Bonchev–Trinajstić information content (AvgIpc) is 2.39. The first-order valence-electron chi connectivity index (χ1n) is 6.51. The summed E-state index contributed by atoms with van der Waals surface area (Å²) in [5.74, 6) is 1.55. The van der Waals surface area contributed by atoms with Crippen LogP contribution in [0.2, 0.25) is 0 Å². The quantitative estimate of drug-likeness (QED) is 0.773. The number of hydrogen-bond acceptors (Lipinski definition) is 3. The summed E-state index contributed by atoms with van der Waals surface area (Å²) in [6, 6.07) is 8.14. The first-order valence-corrected chi connectivity index (χ1v) is 6.51. The zero-order valence-corrected chi connectivity index (χ0v) is 11.6. The first-order chi connectivity index (χ1) is 8.65. The zero-order valence-electron chi connectivity index (χ0n) is 11.6. The molecule has 0 aliphatic carbocycles. The molecule has 0 aliphatic heterocycles. The molecule has 0 heterocycles. The van der Waals surface area contributed by atoms with Crippen LogP contribution in [0.15, 0.2) is 24.3 Å². The van der Waals surface area contributed by atoms with Crippen LogP contribution in [0.3, 0.4) is 0 Å². The predicted molar refractivity (Wildman–Crippen MR) is 73.0 cm³/mol. The summed E-state index contributed by atoms with van der Waals surface area (Å²) in [5.41, 5.74) is 1.33. The second-order valence-electron chi connectivity index (χ2n) is 4.93. The lowest BCUT2D eigenvalue weighted by molar-refractivity contribution is 0.0164. The molecule has 0 aliphatic rings. The lowest BCUT2D eigenvalue weighted by atomic mass is 10.0. The normalized spacial score (nSPS) is 12.7. The number of methoxy groups -OCH3 is 1. The molecule has 0 aromatic heterocycles. The molecule has 102 valence electrons. The molecule has 0 saturated carbocycles. The largest absolute Gasteiger partial charge is 0.491 e. The molecule has 0 saturated heterocycles. The van der Waals surface area contributed by atoms with Gasteiger partial charge < -0.3 is 14.6 Å². The van der Waals surface area contributed by atoms with Crippen LogP contribution in [0.4, 0.5) is 0 Å². The Labute approximate surface area is 110 Å².